The van der Waals surface area contributed by atoms with Gasteiger partial charge in [-0.25, -0.2) is 0 Å². The van der Waals surface area contributed by atoms with Gasteiger partial charge in [0.1, 0.15) is 6.54 Å². The lowest BCUT2D eigenvalue weighted by molar-refractivity contribution is -0.133. The number of anilines is 1. The third-order valence-corrected chi connectivity index (χ3v) is 3.33. The molecule has 98 valence electrons. The van der Waals surface area contributed by atoms with Crippen LogP contribution in [0.25, 0.3) is 0 Å². The molecule has 1 aliphatic rings. The van der Waals surface area contributed by atoms with Gasteiger partial charge in [-0.05, 0) is 18.8 Å². The van der Waals surface area contributed by atoms with E-state index in [9.17, 15) is 9.59 Å². The fourth-order valence-corrected chi connectivity index (χ4v) is 2.32. The van der Waals surface area contributed by atoms with Crippen LogP contribution in [0.5, 0.6) is 0 Å². The number of pyridine rings is 1. The topological polar surface area (TPSA) is 68.3 Å². The minimum Gasteiger partial charge on any atom is -0.394 e. The van der Waals surface area contributed by atoms with E-state index in [1.54, 1.807) is 10.8 Å². The molecule has 0 unspecified atom stereocenters. The number of amides is 1. The summed E-state index contributed by atoms with van der Waals surface area (Å²) in [6.07, 6.45) is 5.38. The van der Waals surface area contributed by atoms with Crippen molar-refractivity contribution in [1.82, 2.24) is 9.47 Å². The molecule has 2 heterocycles. The predicted octanol–water partition coefficient (Wildman–Crippen LogP) is 0.689. The van der Waals surface area contributed by atoms with Gasteiger partial charge in [0.05, 0.1) is 5.69 Å². The van der Waals surface area contributed by atoms with Crippen molar-refractivity contribution in [2.75, 3.05) is 18.8 Å². The van der Waals surface area contributed by atoms with Crippen LogP contribution in [-0.4, -0.2) is 28.5 Å². The van der Waals surface area contributed by atoms with E-state index in [4.69, 9.17) is 5.73 Å². The standard InChI is InChI=1S/C13H19N3O2/c1-10-3-2-5-16(7-10)13(18)9-15-6-4-12(17)11(14)8-15/h4,6,8,10H,2-3,5,7,9,14H2,1H3/t10-/m1/s1. The summed E-state index contributed by atoms with van der Waals surface area (Å²) >= 11 is 0. The van der Waals surface area contributed by atoms with Crippen LogP contribution in [0.1, 0.15) is 19.8 Å². The number of carbonyl (C=O) groups excluding carboxylic acids is 1. The third-order valence-electron chi connectivity index (χ3n) is 3.33. The SMILES string of the molecule is C[C@@H]1CCCN(C(=O)Cn2ccc(=O)c(N)c2)C1. The normalized spacial score (nSPS) is 19.8. The summed E-state index contributed by atoms with van der Waals surface area (Å²) in [7, 11) is 0. The molecule has 1 aromatic rings. The lowest BCUT2D eigenvalue weighted by Crippen LogP contribution is -2.40. The van der Waals surface area contributed by atoms with Crippen molar-refractivity contribution >= 4 is 11.6 Å². The maximum atomic E-state index is 12.1. The third kappa shape index (κ3) is 2.91. The lowest BCUT2D eigenvalue weighted by atomic mass is 10.0. The number of hydrogen-bond donors (Lipinski definition) is 1. The summed E-state index contributed by atoms with van der Waals surface area (Å²) < 4.78 is 1.67. The van der Waals surface area contributed by atoms with Gasteiger partial charge in [-0.15, -0.1) is 0 Å². The molecular formula is C13H19N3O2. The van der Waals surface area contributed by atoms with E-state index in [1.165, 1.54) is 18.7 Å². The van der Waals surface area contributed by atoms with Crippen molar-refractivity contribution in [1.29, 1.82) is 0 Å². The first kappa shape index (κ1) is 12.7. The minimum absolute atomic E-state index is 0.0876. The van der Waals surface area contributed by atoms with Crippen LogP contribution >= 0.6 is 0 Å². The summed E-state index contributed by atoms with van der Waals surface area (Å²) in [6.45, 7) is 4.07. The molecule has 0 radical (unpaired) electrons. The van der Waals surface area contributed by atoms with Crippen LogP contribution in [0.4, 0.5) is 5.69 Å². The monoisotopic (exact) mass is 249 g/mol. The summed E-state index contributed by atoms with van der Waals surface area (Å²) in [5.74, 6) is 0.659. The van der Waals surface area contributed by atoms with Gasteiger partial charge in [-0.2, -0.15) is 0 Å². The first-order chi connectivity index (χ1) is 8.56. The number of carbonyl (C=O) groups is 1. The molecule has 1 atom stereocenters. The Morgan fingerprint density at radius 3 is 3.00 bits per heavy atom. The zero-order chi connectivity index (χ0) is 13.1. The van der Waals surface area contributed by atoms with Crippen molar-refractivity contribution in [3.63, 3.8) is 0 Å². The second-order valence-electron chi connectivity index (χ2n) is 5.02. The zero-order valence-electron chi connectivity index (χ0n) is 10.6. The number of likely N-dealkylation sites (tertiary alicyclic amines) is 1. The van der Waals surface area contributed by atoms with E-state index in [2.05, 4.69) is 6.92 Å². The van der Waals surface area contributed by atoms with Crippen molar-refractivity contribution in [2.24, 2.45) is 5.92 Å². The minimum atomic E-state index is -0.203. The Morgan fingerprint density at radius 2 is 2.33 bits per heavy atom. The highest BCUT2D eigenvalue weighted by Gasteiger charge is 2.20. The molecule has 18 heavy (non-hydrogen) atoms. The summed E-state index contributed by atoms with van der Waals surface area (Å²) in [4.78, 5) is 25.2. The molecular weight excluding hydrogens is 230 g/mol. The Kier molecular flexibility index (Phi) is 3.69. The van der Waals surface area contributed by atoms with E-state index in [-0.39, 0.29) is 23.6 Å². The van der Waals surface area contributed by atoms with Crippen molar-refractivity contribution < 1.29 is 4.79 Å². The van der Waals surface area contributed by atoms with Gasteiger partial charge < -0.3 is 15.2 Å². The number of nitrogen functional groups attached to an aromatic ring is 1. The molecule has 1 fully saturated rings. The Morgan fingerprint density at radius 1 is 1.56 bits per heavy atom. The van der Waals surface area contributed by atoms with E-state index in [0.717, 1.165) is 19.5 Å². The Bertz CT molecular complexity index is 495. The smallest absolute Gasteiger partial charge is 0.242 e. The van der Waals surface area contributed by atoms with Gasteiger partial charge >= 0.3 is 0 Å². The van der Waals surface area contributed by atoms with Crippen LogP contribution in [-0.2, 0) is 11.3 Å². The van der Waals surface area contributed by atoms with Gasteiger partial charge in [0.2, 0.25) is 11.3 Å². The first-order valence-electron chi connectivity index (χ1n) is 6.29. The van der Waals surface area contributed by atoms with Crippen molar-refractivity contribution in [3.05, 3.63) is 28.7 Å². The molecule has 0 aliphatic carbocycles. The molecule has 5 heteroatoms. The summed E-state index contributed by atoms with van der Waals surface area (Å²) in [5.41, 5.74) is 5.51. The molecule has 1 amide bonds. The molecule has 1 aliphatic heterocycles. The zero-order valence-corrected chi connectivity index (χ0v) is 10.6. The molecule has 0 aromatic carbocycles. The molecule has 5 nitrogen and oxygen atoms in total. The van der Waals surface area contributed by atoms with Gasteiger partial charge in [-0.3, -0.25) is 9.59 Å². The van der Waals surface area contributed by atoms with Crippen LogP contribution in [0.15, 0.2) is 23.3 Å². The van der Waals surface area contributed by atoms with Crippen LogP contribution in [0.3, 0.4) is 0 Å². The average Bonchev–Trinajstić information content (AvgIpc) is 2.34. The Labute approximate surface area is 106 Å². The number of nitrogens with zero attached hydrogens (tertiary/aromatic N) is 2. The van der Waals surface area contributed by atoms with Gasteiger partial charge in [0, 0.05) is 31.5 Å². The summed E-state index contributed by atoms with van der Waals surface area (Å²) in [5, 5.41) is 0. The highest BCUT2D eigenvalue weighted by atomic mass is 16.2. The average molecular weight is 249 g/mol. The fraction of sp³-hybridized carbons (Fsp3) is 0.538. The first-order valence-corrected chi connectivity index (χ1v) is 6.29. The van der Waals surface area contributed by atoms with Gasteiger partial charge in [-0.1, -0.05) is 6.92 Å². The molecule has 2 N–H and O–H groups in total. The van der Waals surface area contributed by atoms with E-state index >= 15 is 0 Å². The maximum Gasteiger partial charge on any atom is 0.242 e. The molecule has 0 saturated carbocycles. The molecule has 2 rings (SSSR count). The van der Waals surface area contributed by atoms with Crippen LogP contribution in [0.2, 0.25) is 0 Å². The number of rotatable bonds is 2. The number of hydrogen-bond acceptors (Lipinski definition) is 3. The highest BCUT2D eigenvalue weighted by Crippen LogP contribution is 2.15. The second kappa shape index (κ2) is 5.25. The molecule has 1 saturated heterocycles. The summed E-state index contributed by atoms with van der Waals surface area (Å²) in [6, 6.07) is 1.39. The number of nitrogens with two attached hydrogens (primary N) is 1. The van der Waals surface area contributed by atoms with Crippen LogP contribution < -0.4 is 11.2 Å². The molecule has 0 bridgehead atoms. The van der Waals surface area contributed by atoms with Gasteiger partial charge in [0.25, 0.3) is 0 Å². The van der Waals surface area contributed by atoms with E-state index in [0.29, 0.717) is 5.92 Å². The highest BCUT2D eigenvalue weighted by molar-refractivity contribution is 5.76. The molecule has 0 spiro atoms. The van der Waals surface area contributed by atoms with E-state index in [1.807, 2.05) is 4.90 Å². The van der Waals surface area contributed by atoms with E-state index < -0.39 is 0 Å². The maximum absolute atomic E-state index is 12.1. The predicted molar refractivity (Wildman–Crippen MR) is 70.1 cm³/mol. The largest absolute Gasteiger partial charge is 0.394 e. The fourth-order valence-electron chi connectivity index (χ4n) is 2.32. The quantitative estimate of drug-likeness (QED) is 0.838. The van der Waals surface area contributed by atoms with Crippen LogP contribution in [0, 0.1) is 5.92 Å². The lowest BCUT2D eigenvalue weighted by Gasteiger charge is -2.31. The second-order valence-corrected chi connectivity index (χ2v) is 5.02. The number of piperidine rings is 1. The van der Waals surface area contributed by atoms with Gasteiger partial charge in [0.15, 0.2) is 0 Å². The Balaban J connectivity index is 2.02. The Hall–Kier alpha value is -1.78. The molecule has 1 aromatic heterocycles. The van der Waals surface area contributed by atoms with Crippen molar-refractivity contribution in [2.45, 2.75) is 26.3 Å². The van der Waals surface area contributed by atoms with Crippen molar-refractivity contribution in [3.8, 4) is 0 Å². The number of aromatic nitrogens is 1.